The quantitative estimate of drug-likeness (QED) is 0.187. The van der Waals surface area contributed by atoms with E-state index in [1.54, 1.807) is 6.07 Å². The number of rotatable bonds is 10. The van der Waals surface area contributed by atoms with Gasteiger partial charge in [-0.2, -0.15) is 26.3 Å². The molecule has 1 atom stereocenters. The highest BCUT2D eigenvalue weighted by atomic mass is 19.4. The first-order valence-corrected chi connectivity index (χ1v) is 13.7. The van der Waals surface area contributed by atoms with Crippen molar-refractivity contribution in [1.29, 1.82) is 0 Å². The lowest BCUT2D eigenvalue weighted by Gasteiger charge is -2.21. The Morgan fingerprint density at radius 1 is 0.810 bits per heavy atom. The Labute approximate surface area is 239 Å². The van der Waals surface area contributed by atoms with Gasteiger partial charge in [-0.3, -0.25) is 0 Å². The van der Waals surface area contributed by atoms with Gasteiger partial charge in [-0.05, 0) is 87.4 Å². The minimum atomic E-state index is -4.67. The topological polar surface area (TPSA) is 41.0 Å². The highest BCUT2D eigenvalue weighted by molar-refractivity contribution is 5.91. The monoisotopic (exact) mass is 592 g/mol. The van der Waals surface area contributed by atoms with Crippen LogP contribution in [0.2, 0.25) is 0 Å². The van der Waals surface area contributed by atoms with E-state index in [9.17, 15) is 30.7 Å². The van der Waals surface area contributed by atoms with E-state index in [-0.39, 0.29) is 28.5 Å². The summed E-state index contributed by atoms with van der Waals surface area (Å²) in [5.74, 6) is -0.473. The Kier molecular flexibility index (Phi) is 9.40. The number of alkyl halides is 6. The molecular weight excluding hydrogens is 561 g/mol. The predicted octanol–water partition coefficient (Wildman–Crippen LogP) is 9.06. The number of fused-ring (bicyclic) bond motifs is 1. The van der Waals surface area contributed by atoms with Crippen LogP contribution in [0.1, 0.15) is 44.7 Å². The molecule has 0 bridgehead atoms. The minimum Gasteiger partial charge on any atom is -0.367 e. The summed E-state index contributed by atoms with van der Waals surface area (Å²) >= 11 is 0. The lowest BCUT2D eigenvalue weighted by Crippen LogP contribution is -2.25. The smallest absolute Gasteiger partial charge is 0.367 e. The largest absolute Gasteiger partial charge is 0.416 e. The van der Waals surface area contributed by atoms with Crippen LogP contribution in [0.3, 0.4) is 0 Å². The summed E-state index contributed by atoms with van der Waals surface area (Å²) in [4.78, 5) is 11.3. The number of halogens is 7. The summed E-state index contributed by atoms with van der Waals surface area (Å²) in [6.45, 7) is 8.91. The van der Waals surface area contributed by atoms with E-state index in [0.29, 0.717) is 22.8 Å². The molecule has 1 aromatic heterocycles. The molecule has 224 valence electrons. The van der Waals surface area contributed by atoms with E-state index < -0.39 is 29.3 Å². The molecule has 0 amide bonds. The maximum absolute atomic E-state index is 14.6. The fraction of sp³-hybridized carbons (Fsp3) is 0.355. The van der Waals surface area contributed by atoms with Crippen LogP contribution >= 0.6 is 0 Å². The average molecular weight is 593 g/mol. The summed E-state index contributed by atoms with van der Waals surface area (Å²) in [5.41, 5.74) is -1.66. The zero-order valence-electron chi connectivity index (χ0n) is 23.4. The zero-order chi connectivity index (χ0) is 30.7. The first-order chi connectivity index (χ1) is 19.8. The molecular formula is C31H31F7N4. The highest BCUT2D eigenvalue weighted by Gasteiger charge is 2.32. The fourth-order valence-corrected chi connectivity index (χ4v) is 4.76. The average Bonchev–Trinajstić information content (AvgIpc) is 2.94. The number of nitrogens with zero attached hydrogens (tertiary/aromatic N) is 3. The molecule has 3 aromatic carbocycles. The van der Waals surface area contributed by atoms with Crippen LogP contribution in [-0.4, -0.2) is 40.5 Å². The van der Waals surface area contributed by atoms with Gasteiger partial charge in [0.1, 0.15) is 11.6 Å². The van der Waals surface area contributed by atoms with Crippen molar-refractivity contribution in [2.45, 2.75) is 52.0 Å². The second kappa shape index (κ2) is 12.6. The van der Waals surface area contributed by atoms with Crippen molar-refractivity contribution in [3.05, 3.63) is 77.6 Å². The molecule has 0 radical (unpaired) electrons. The predicted molar refractivity (Wildman–Crippen MR) is 150 cm³/mol. The lowest BCUT2D eigenvalue weighted by molar-refractivity contribution is -0.138. The van der Waals surface area contributed by atoms with Crippen LogP contribution in [0.25, 0.3) is 33.4 Å². The molecule has 4 aromatic rings. The van der Waals surface area contributed by atoms with Crippen LogP contribution in [0.4, 0.5) is 36.6 Å². The summed E-state index contributed by atoms with van der Waals surface area (Å²) in [7, 11) is 0. The van der Waals surface area contributed by atoms with Gasteiger partial charge in [0.2, 0.25) is 0 Å². The van der Waals surface area contributed by atoms with Crippen LogP contribution in [0, 0.1) is 5.82 Å². The van der Waals surface area contributed by atoms with Gasteiger partial charge in [-0.25, -0.2) is 14.4 Å². The van der Waals surface area contributed by atoms with Crippen LogP contribution in [0.5, 0.6) is 0 Å². The van der Waals surface area contributed by atoms with Gasteiger partial charge in [-0.15, -0.1) is 0 Å². The third-order valence-corrected chi connectivity index (χ3v) is 7.14. The van der Waals surface area contributed by atoms with Crippen LogP contribution in [-0.2, 0) is 12.4 Å². The van der Waals surface area contributed by atoms with Gasteiger partial charge in [0.15, 0.2) is 5.82 Å². The summed E-state index contributed by atoms with van der Waals surface area (Å²) < 4.78 is 95.1. The molecule has 11 heteroatoms. The number of hydrogen-bond acceptors (Lipinski definition) is 4. The third kappa shape index (κ3) is 7.36. The Morgan fingerprint density at radius 2 is 1.45 bits per heavy atom. The lowest BCUT2D eigenvalue weighted by atomic mass is 10.00. The van der Waals surface area contributed by atoms with Crippen LogP contribution in [0.15, 0.2) is 60.7 Å². The molecule has 0 aliphatic rings. The van der Waals surface area contributed by atoms with Crippen molar-refractivity contribution >= 4 is 16.7 Å². The highest BCUT2D eigenvalue weighted by Crippen LogP contribution is 2.36. The molecule has 0 aliphatic heterocycles. The summed E-state index contributed by atoms with van der Waals surface area (Å²) in [6.07, 6.45) is -7.58. The van der Waals surface area contributed by atoms with Crippen molar-refractivity contribution in [2.24, 2.45) is 0 Å². The summed E-state index contributed by atoms with van der Waals surface area (Å²) in [6, 6.07) is 11.2. The molecule has 0 fully saturated rings. The van der Waals surface area contributed by atoms with E-state index in [1.807, 2.05) is 6.92 Å². The van der Waals surface area contributed by atoms with E-state index >= 15 is 0 Å². The molecule has 0 aliphatic carbocycles. The minimum absolute atomic E-state index is 0.0447. The number of hydrogen-bond donors (Lipinski definition) is 1. The van der Waals surface area contributed by atoms with Crippen LogP contribution < -0.4 is 5.32 Å². The molecule has 0 saturated carbocycles. The van der Waals surface area contributed by atoms with Crippen molar-refractivity contribution in [1.82, 2.24) is 14.9 Å². The third-order valence-electron chi connectivity index (χ3n) is 7.14. The van der Waals surface area contributed by atoms with Gasteiger partial charge in [0.25, 0.3) is 0 Å². The molecule has 1 N–H and O–H groups in total. The Morgan fingerprint density at radius 3 is 2.12 bits per heavy atom. The molecule has 42 heavy (non-hydrogen) atoms. The maximum Gasteiger partial charge on any atom is 0.416 e. The first-order valence-electron chi connectivity index (χ1n) is 13.7. The molecule has 0 spiro atoms. The second-order valence-corrected chi connectivity index (χ2v) is 10.1. The Balaban J connectivity index is 1.75. The number of benzene rings is 3. The van der Waals surface area contributed by atoms with E-state index in [0.717, 1.165) is 56.7 Å². The van der Waals surface area contributed by atoms with Gasteiger partial charge in [-0.1, -0.05) is 32.0 Å². The molecule has 0 saturated heterocycles. The molecule has 4 nitrogen and oxygen atoms in total. The normalized spacial score (nSPS) is 13.1. The maximum atomic E-state index is 14.6. The standard InChI is InChI=1S/C31H31F7N4/c1-4-42(5-2)15-7-8-19(3)39-29-24-13-11-23(31(36,37)38)18-27(24)40-28(41-29)21-10-6-9-20(16-21)25-17-22(30(33,34)35)12-14-26(25)32/h6,9-14,16-19H,4-5,7-8,15H2,1-3H3,(H,39,40,41). The molecule has 1 heterocycles. The fourth-order valence-electron chi connectivity index (χ4n) is 4.76. The van der Waals surface area contributed by atoms with E-state index in [2.05, 4.69) is 34.0 Å². The number of anilines is 1. The van der Waals surface area contributed by atoms with Crippen molar-refractivity contribution in [2.75, 3.05) is 25.0 Å². The van der Waals surface area contributed by atoms with Crippen molar-refractivity contribution < 1.29 is 30.7 Å². The molecule has 4 rings (SSSR count). The van der Waals surface area contributed by atoms with Gasteiger partial charge in [0.05, 0.1) is 16.6 Å². The van der Waals surface area contributed by atoms with E-state index in [1.165, 1.54) is 24.3 Å². The Hall–Kier alpha value is -3.73. The number of aromatic nitrogens is 2. The SMILES string of the molecule is CCN(CC)CCCC(C)Nc1nc(-c2cccc(-c3cc(C(F)(F)F)ccc3F)c2)nc2cc(C(F)(F)F)ccc12. The van der Waals surface area contributed by atoms with E-state index in [4.69, 9.17) is 0 Å². The molecule has 1 unspecified atom stereocenters. The van der Waals surface area contributed by atoms with Crippen molar-refractivity contribution in [3.63, 3.8) is 0 Å². The van der Waals surface area contributed by atoms with Gasteiger partial charge < -0.3 is 10.2 Å². The zero-order valence-corrected chi connectivity index (χ0v) is 23.4. The second-order valence-electron chi connectivity index (χ2n) is 10.1. The van der Waals surface area contributed by atoms with Gasteiger partial charge >= 0.3 is 12.4 Å². The first kappa shape index (κ1) is 31.2. The van der Waals surface area contributed by atoms with Crippen molar-refractivity contribution in [3.8, 4) is 22.5 Å². The number of nitrogens with one attached hydrogen (secondary N) is 1. The van der Waals surface area contributed by atoms with Gasteiger partial charge in [0, 0.05) is 22.6 Å². The summed E-state index contributed by atoms with van der Waals surface area (Å²) in [5, 5.41) is 3.70. The Bertz CT molecular complexity index is 1530.